The van der Waals surface area contributed by atoms with Gasteiger partial charge in [0.05, 0.1) is 22.5 Å². The molecule has 0 bridgehead atoms. The number of hydrogen-bond acceptors (Lipinski definition) is 4. The Labute approximate surface area is 158 Å². The fourth-order valence-corrected chi connectivity index (χ4v) is 5.53. The highest BCUT2D eigenvalue weighted by Gasteiger charge is 2.31. The Bertz CT molecular complexity index is 1070. The Morgan fingerprint density at radius 1 is 1.11 bits per heavy atom. The molecule has 1 saturated heterocycles. The number of nitrogens with one attached hydrogen (secondary N) is 1. The zero-order chi connectivity index (χ0) is 18.4. The van der Waals surface area contributed by atoms with E-state index in [2.05, 4.69) is 9.97 Å². The Morgan fingerprint density at radius 2 is 1.93 bits per heavy atom. The van der Waals surface area contributed by atoms with E-state index in [4.69, 9.17) is 4.74 Å². The first-order valence-corrected chi connectivity index (χ1v) is 10.8. The number of nitrogens with zero attached hydrogens (tertiary/aromatic N) is 2. The molecule has 0 atom stereocenters. The second kappa shape index (κ2) is 6.35. The minimum atomic E-state index is -3.47. The normalized spacial score (nSPS) is 18.5. The molecule has 2 aliphatic rings. The van der Waals surface area contributed by atoms with Gasteiger partial charge >= 0.3 is 0 Å². The van der Waals surface area contributed by atoms with Crippen molar-refractivity contribution in [3.8, 4) is 5.75 Å². The van der Waals surface area contributed by atoms with Gasteiger partial charge in [0.25, 0.3) is 0 Å². The van der Waals surface area contributed by atoms with Crippen LogP contribution in [0.4, 0.5) is 0 Å². The maximum Gasteiger partial charge on any atom is 0.243 e. The van der Waals surface area contributed by atoms with Gasteiger partial charge in [0.15, 0.2) is 0 Å². The summed E-state index contributed by atoms with van der Waals surface area (Å²) >= 11 is 0. The summed E-state index contributed by atoms with van der Waals surface area (Å²) in [6, 6.07) is 13.2. The van der Waals surface area contributed by atoms with Gasteiger partial charge in [0.2, 0.25) is 10.0 Å². The van der Waals surface area contributed by atoms with Crippen molar-refractivity contribution in [1.29, 1.82) is 0 Å². The van der Waals surface area contributed by atoms with Gasteiger partial charge in [-0.2, -0.15) is 4.31 Å². The average Bonchev–Trinajstić information content (AvgIpc) is 3.34. The van der Waals surface area contributed by atoms with Gasteiger partial charge in [-0.1, -0.05) is 12.1 Å². The Hall–Kier alpha value is -2.38. The lowest BCUT2D eigenvalue weighted by Crippen LogP contribution is -2.38. The number of H-pyrrole nitrogens is 1. The number of hydrogen-bond donors (Lipinski definition) is 1. The molecule has 0 unspecified atom stereocenters. The molecule has 0 saturated carbocycles. The maximum atomic E-state index is 13.0. The Kier molecular flexibility index (Phi) is 3.94. The summed E-state index contributed by atoms with van der Waals surface area (Å²) in [5, 5.41) is 0. The van der Waals surface area contributed by atoms with E-state index in [1.165, 1.54) is 0 Å². The van der Waals surface area contributed by atoms with Crippen molar-refractivity contribution in [3.63, 3.8) is 0 Å². The summed E-state index contributed by atoms with van der Waals surface area (Å²) in [5.41, 5.74) is 2.97. The number of benzene rings is 2. The molecule has 0 amide bonds. The highest BCUT2D eigenvalue weighted by molar-refractivity contribution is 7.89. The van der Waals surface area contributed by atoms with Gasteiger partial charge in [-0.3, -0.25) is 0 Å². The quantitative estimate of drug-likeness (QED) is 0.754. The zero-order valence-corrected chi connectivity index (χ0v) is 15.7. The number of imidazole rings is 1. The standard InChI is InChI=1S/C20H21N3O3S/c24-27(25,16-5-6-19-15(13-16)9-12-26-19)23-10-7-14(8-11-23)20-21-17-3-1-2-4-18(17)22-20/h1-6,13-14H,7-12H2,(H,21,22). The lowest BCUT2D eigenvalue weighted by Gasteiger charge is -2.30. The number of aromatic nitrogens is 2. The topological polar surface area (TPSA) is 75.3 Å². The van der Waals surface area contributed by atoms with Gasteiger partial charge in [-0.05, 0) is 48.7 Å². The molecule has 2 aliphatic heterocycles. The first kappa shape index (κ1) is 16.8. The largest absolute Gasteiger partial charge is 0.493 e. The van der Waals surface area contributed by atoms with Crippen LogP contribution in [0.2, 0.25) is 0 Å². The lowest BCUT2D eigenvalue weighted by atomic mass is 9.97. The molecule has 140 valence electrons. The van der Waals surface area contributed by atoms with E-state index in [1.807, 2.05) is 24.3 Å². The fourth-order valence-electron chi connectivity index (χ4n) is 4.01. The fraction of sp³-hybridized carbons (Fsp3) is 0.350. The van der Waals surface area contributed by atoms with Crippen molar-refractivity contribution in [3.05, 3.63) is 53.9 Å². The molecule has 27 heavy (non-hydrogen) atoms. The number of rotatable bonds is 3. The van der Waals surface area contributed by atoms with Crippen LogP contribution in [0.5, 0.6) is 5.75 Å². The van der Waals surface area contributed by atoms with Crippen LogP contribution in [-0.4, -0.2) is 42.4 Å². The van der Waals surface area contributed by atoms with Crippen LogP contribution >= 0.6 is 0 Å². The number of piperidine rings is 1. The van der Waals surface area contributed by atoms with Gasteiger partial charge in [-0.25, -0.2) is 13.4 Å². The van der Waals surface area contributed by atoms with E-state index in [9.17, 15) is 8.42 Å². The lowest BCUT2D eigenvalue weighted by molar-refractivity contribution is 0.314. The van der Waals surface area contributed by atoms with E-state index in [-0.39, 0.29) is 5.92 Å². The molecule has 3 aromatic rings. The van der Waals surface area contributed by atoms with E-state index in [0.717, 1.165) is 47.4 Å². The first-order valence-electron chi connectivity index (χ1n) is 9.32. The molecule has 7 heteroatoms. The van der Waals surface area contributed by atoms with Crippen molar-refractivity contribution in [2.75, 3.05) is 19.7 Å². The minimum Gasteiger partial charge on any atom is -0.493 e. The van der Waals surface area contributed by atoms with Gasteiger partial charge in [-0.15, -0.1) is 0 Å². The van der Waals surface area contributed by atoms with Crippen LogP contribution in [-0.2, 0) is 16.4 Å². The van der Waals surface area contributed by atoms with Crippen LogP contribution in [0.15, 0.2) is 47.4 Å². The van der Waals surface area contributed by atoms with E-state index < -0.39 is 10.0 Å². The molecule has 2 aromatic carbocycles. The third kappa shape index (κ3) is 2.91. The predicted octanol–water partition coefficient (Wildman–Crippen LogP) is 3.07. The molecule has 1 aromatic heterocycles. The smallest absolute Gasteiger partial charge is 0.243 e. The number of sulfonamides is 1. The number of aromatic amines is 1. The van der Waals surface area contributed by atoms with Gasteiger partial charge < -0.3 is 9.72 Å². The van der Waals surface area contributed by atoms with E-state index in [0.29, 0.717) is 24.6 Å². The number of para-hydroxylation sites is 2. The summed E-state index contributed by atoms with van der Waals surface area (Å²) in [6.45, 7) is 1.65. The molecule has 5 rings (SSSR count). The van der Waals surface area contributed by atoms with Crippen molar-refractivity contribution in [2.45, 2.75) is 30.1 Å². The molecule has 0 aliphatic carbocycles. The van der Waals surface area contributed by atoms with Gasteiger partial charge in [0, 0.05) is 25.4 Å². The summed E-state index contributed by atoms with van der Waals surface area (Å²) in [6.07, 6.45) is 2.31. The zero-order valence-electron chi connectivity index (χ0n) is 14.9. The summed E-state index contributed by atoms with van der Waals surface area (Å²) in [7, 11) is -3.47. The average molecular weight is 383 g/mol. The second-order valence-corrected chi connectivity index (χ2v) is 9.12. The summed E-state index contributed by atoms with van der Waals surface area (Å²) in [4.78, 5) is 8.44. The molecular formula is C20H21N3O3S. The molecule has 0 radical (unpaired) electrons. The molecule has 3 heterocycles. The summed E-state index contributed by atoms with van der Waals surface area (Å²) in [5.74, 6) is 2.03. The predicted molar refractivity (Wildman–Crippen MR) is 102 cm³/mol. The Balaban J connectivity index is 1.33. The molecule has 6 nitrogen and oxygen atoms in total. The molecule has 1 N–H and O–H groups in total. The molecular weight excluding hydrogens is 362 g/mol. The van der Waals surface area contributed by atoms with Crippen LogP contribution in [0, 0.1) is 0 Å². The van der Waals surface area contributed by atoms with Crippen molar-refractivity contribution in [2.24, 2.45) is 0 Å². The number of fused-ring (bicyclic) bond motifs is 2. The van der Waals surface area contributed by atoms with Crippen molar-refractivity contribution >= 4 is 21.1 Å². The third-order valence-electron chi connectivity index (χ3n) is 5.55. The highest BCUT2D eigenvalue weighted by atomic mass is 32.2. The van der Waals surface area contributed by atoms with Gasteiger partial charge in [0.1, 0.15) is 11.6 Å². The van der Waals surface area contributed by atoms with Crippen molar-refractivity contribution in [1.82, 2.24) is 14.3 Å². The third-order valence-corrected chi connectivity index (χ3v) is 7.44. The minimum absolute atomic E-state index is 0.261. The number of ether oxygens (including phenoxy) is 1. The second-order valence-electron chi connectivity index (χ2n) is 7.19. The SMILES string of the molecule is O=S(=O)(c1ccc2c(c1)CCO2)N1CCC(c2nc3ccccc3[nH]2)CC1. The van der Waals surface area contributed by atoms with Crippen LogP contribution < -0.4 is 4.74 Å². The monoisotopic (exact) mass is 383 g/mol. The van der Waals surface area contributed by atoms with Crippen LogP contribution in [0.25, 0.3) is 11.0 Å². The summed E-state index contributed by atoms with van der Waals surface area (Å²) < 4.78 is 33.1. The molecule has 1 fully saturated rings. The highest BCUT2D eigenvalue weighted by Crippen LogP contribution is 2.32. The van der Waals surface area contributed by atoms with Crippen molar-refractivity contribution < 1.29 is 13.2 Å². The van der Waals surface area contributed by atoms with E-state index in [1.54, 1.807) is 22.5 Å². The maximum absolute atomic E-state index is 13.0. The van der Waals surface area contributed by atoms with Crippen LogP contribution in [0.3, 0.4) is 0 Å². The van der Waals surface area contributed by atoms with Crippen LogP contribution in [0.1, 0.15) is 30.1 Å². The first-order chi connectivity index (χ1) is 13.1. The van der Waals surface area contributed by atoms with E-state index >= 15 is 0 Å². The molecule has 0 spiro atoms. The Morgan fingerprint density at radius 3 is 2.74 bits per heavy atom.